The zero-order chi connectivity index (χ0) is 19.4. The lowest BCUT2D eigenvalue weighted by atomic mass is 10.1. The fourth-order valence-electron chi connectivity index (χ4n) is 2.77. The van der Waals surface area contributed by atoms with Crippen LogP contribution < -0.4 is 10.6 Å². The van der Waals surface area contributed by atoms with Crippen molar-refractivity contribution in [3.8, 4) is 0 Å². The minimum Gasteiger partial charge on any atom is -0.480 e. The molecule has 6 nitrogen and oxygen atoms in total. The standard InChI is InChI=1S/C19H17ClFN3O3/c20-15-8-13(21)6-5-11(15)9-23-19(27)24-17(18(25)26)7-12-10-22-16-4-2-1-3-14(12)16/h1-6,8,10,17,22H,7,9H2,(H,25,26)(H2,23,24,27). The number of hydrogen-bond donors (Lipinski definition) is 4. The second-order valence-corrected chi connectivity index (χ2v) is 6.42. The van der Waals surface area contributed by atoms with Gasteiger partial charge < -0.3 is 20.7 Å². The second-order valence-electron chi connectivity index (χ2n) is 6.02. The third-order valence-electron chi connectivity index (χ3n) is 4.16. The minimum absolute atomic E-state index is 0.0460. The highest BCUT2D eigenvalue weighted by molar-refractivity contribution is 6.31. The third kappa shape index (κ3) is 4.57. The smallest absolute Gasteiger partial charge is 0.326 e. The van der Waals surface area contributed by atoms with Crippen LogP contribution in [0.4, 0.5) is 9.18 Å². The number of halogens is 2. The van der Waals surface area contributed by atoms with Crippen molar-refractivity contribution in [3.05, 3.63) is 70.6 Å². The largest absolute Gasteiger partial charge is 0.480 e. The van der Waals surface area contributed by atoms with Crippen LogP contribution in [-0.4, -0.2) is 28.1 Å². The second kappa shape index (κ2) is 8.09. The van der Waals surface area contributed by atoms with Crippen molar-refractivity contribution in [2.24, 2.45) is 0 Å². The lowest BCUT2D eigenvalue weighted by Crippen LogP contribution is -2.46. The number of carboxylic acid groups (broad SMARTS) is 1. The molecule has 0 bridgehead atoms. The molecule has 0 saturated heterocycles. The number of carboxylic acids is 1. The fourth-order valence-corrected chi connectivity index (χ4v) is 3.00. The van der Waals surface area contributed by atoms with E-state index in [1.54, 1.807) is 6.20 Å². The van der Waals surface area contributed by atoms with Crippen LogP contribution in [0.15, 0.2) is 48.7 Å². The van der Waals surface area contributed by atoms with Gasteiger partial charge in [0.05, 0.1) is 0 Å². The number of urea groups is 1. The number of amides is 2. The van der Waals surface area contributed by atoms with Crippen molar-refractivity contribution >= 4 is 34.5 Å². The number of rotatable bonds is 6. The molecule has 0 spiro atoms. The van der Waals surface area contributed by atoms with E-state index in [0.717, 1.165) is 22.5 Å². The Hall–Kier alpha value is -3.06. The molecule has 0 aliphatic carbocycles. The number of fused-ring (bicyclic) bond motifs is 1. The molecule has 27 heavy (non-hydrogen) atoms. The van der Waals surface area contributed by atoms with Crippen LogP contribution in [0, 0.1) is 5.82 Å². The summed E-state index contributed by atoms with van der Waals surface area (Å²) in [5.41, 5.74) is 2.21. The van der Waals surface area contributed by atoms with Gasteiger partial charge >= 0.3 is 12.0 Å². The number of aromatic amines is 1. The molecule has 1 aromatic heterocycles. The Kier molecular flexibility index (Phi) is 5.61. The quantitative estimate of drug-likeness (QED) is 0.520. The maximum absolute atomic E-state index is 13.0. The van der Waals surface area contributed by atoms with Crippen LogP contribution in [0.3, 0.4) is 0 Å². The van der Waals surface area contributed by atoms with Gasteiger partial charge in [-0.15, -0.1) is 0 Å². The predicted molar refractivity (Wildman–Crippen MR) is 100 cm³/mol. The fraction of sp³-hybridized carbons (Fsp3) is 0.158. The molecule has 1 unspecified atom stereocenters. The van der Waals surface area contributed by atoms with Crippen LogP contribution in [0.2, 0.25) is 5.02 Å². The van der Waals surface area contributed by atoms with E-state index in [2.05, 4.69) is 15.6 Å². The summed E-state index contributed by atoms with van der Waals surface area (Å²) in [4.78, 5) is 26.7. The summed E-state index contributed by atoms with van der Waals surface area (Å²) in [5.74, 6) is -1.62. The molecule has 0 fully saturated rings. The number of carbonyl (C=O) groups excluding carboxylic acids is 1. The SMILES string of the molecule is O=C(NCc1ccc(F)cc1Cl)NC(Cc1c[nH]c2ccccc12)C(=O)O. The molecule has 2 amide bonds. The van der Waals surface area contributed by atoms with Gasteiger partial charge in [-0.05, 0) is 29.3 Å². The highest BCUT2D eigenvalue weighted by atomic mass is 35.5. The zero-order valence-electron chi connectivity index (χ0n) is 14.1. The van der Waals surface area contributed by atoms with Gasteiger partial charge in [0.25, 0.3) is 0 Å². The summed E-state index contributed by atoms with van der Waals surface area (Å²) < 4.78 is 13.0. The Morgan fingerprint density at radius 2 is 1.96 bits per heavy atom. The maximum Gasteiger partial charge on any atom is 0.326 e. The van der Waals surface area contributed by atoms with E-state index in [1.807, 2.05) is 24.3 Å². The summed E-state index contributed by atoms with van der Waals surface area (Å²) in [7, 11) is 0. The van der Waals surface area contributed by atoms with Crippen LogP contribution in [-0.2, 0) is 17.8 Å². The van der Waals surface area contributed by atoms with Crippen molar-refractivity contribution in [3.63, 3.8) is 0 Å². The number of H-pyrrole nitrogens is 1. The van der Waals surface area contributed by atoms with Gasteiger partial charge in [0.15, 0.2) is 0 Å². The van der Waals surface area contributed by atoms with E-state index < -0.39 is 23.9 Å². The van der Waals surface area contributed by atoms with E-state index in [0.29, 0.717) is 5.56 Å². The molecular formula is C19H17ClFN3O3. The van der Waals surface area contributed by atoms with Gasteiger partial charge in [-0.25, -0.2) is 14.0 Å². The Labute approximate surface area is 159 Å². The first kappa shape index (κ1) is 18.7. The molecule has 1 heterocycles. The Bertz CT molecular complexity index is 989. The van der Waals surface area contributed by atoms with Crippen LogP contribution in [0.5, 0.6) is 0 Å². The van der Waals surface area contributed by atoms with E-state index in [1.165, 1.54) is 12.1 Å². The van der Waals surface area contributed by atoms with Gasteiger partial charge in [0.1, 0.15) is 11.9 Å². The van der Waals surface area contributed by atoms with E-state index in [-0.39, 0.29) is 18.0 Å². The van der Waals surface area contributed by atoms with Gasteiger partial charge in [-0.1, -0.05) is 35.9 Å². The first-order valence-corrected chi connectivity index (χ1v) is 8.58. The number of para-hydroxylation sites is 1. The summed E-state index contributed by atoms with van der Waals surface area (Å²) in [6, 6.07) is 9.60. The van der Waals surface area contributed by atoms with Gasteiger partial charge in [-0.3, -0.25) is 0 Å². The van der Waals surface area contributed by atoms with E-state index in [9.17, 15) is 19.1 Å². The number of aliphatic carboxylic acids is 1. The number of hydrogen-bond acceptors (Lipinski definition) is 2. The molecular weight excluding hydrogens is 373 g/mol. The molecule has 0 radical (unpaired) electrons. The lowest BCUT2D eigenvalue weighted by molar-refractivity contribution is -0.139. The minimum atomic E-state index is -1.14. The molecule has 3 rings (SSSR count). The molecule has 4 N–H and O–H groups in total. The Balaban J connectivity index is 1.63. The normalized spacial score (nSPS) is 11.9. The molecule has 0 saturated carbocycles. The summed E-state index contributed by atoms with van der Waals surface area (Å²) in [5, 5.41) is 15.5. The summed E-state index contributed by atoms with van der Waals surface area (Å²) in [6.07, 6.45) is 1.86. The number of nitrogens with one attached hydrogen (secondary N) is 3. The Morgan fingerprint density at radius 3 is 2.70 bits per heavy atom. The first-order valence-electron chi connectivity index (χ1n) is 8.20. The average molecular weight is 390 g/mol. The molecule has 2 aromatic carbocycles. The van der Waals surface area contributed by atoms with Crippen molar-refractivity contribution in [2.75, 3.05) is 0 Å². The van der Waals surface area contributed by atoms with Crippen molar-refractivity contribution in [1.82, 2.24) is 15.6 Å². The predicted octanol–water partition coefficient (Wildman–Crippen LogP) is 3.46. The molecule has 3 aromatic rings. The number of benzene rings is 2. The highest BCUT2D eigenvalue weighted by Gasteiger charge is 2.22. The molecule has 8 heteroatoms. The van der Waals surface area contributed by atoms with Crippen molar-refractivity contribution < 1.29 is 19.1 Å². The Morgan fingerprint density at radius 1 is 1.19 bits per heavy atom. The highest BCUT2D eigenvalue weighted by Crippen LogP contribution is 2.19. The van der Waals surface area contributed by atoms with Gasteiger partial charge in [0, 0.05) is 35.1 Å². The summed E-state index contributed by atoms with van der Waals surface area (Å²) in [6.45, 7) is 0.0460. The van der Waals surface area contributed by atoms with Gasteiger partial charge in [-0.2, -0.15) is 0 Å². The van der Waals surface area contributed by atoms with E-state index >= 15 is 0 Å². The van der Waals surface area contributed by atoms with Gasteiger partial charge in [0.2, 0.25) is 0 Å². The topological polar surface area (TPSA) is 94.2 Å². The first-order chi connectivity index (χ1) is 12.9. The van der Waals surface area contributed by atoms with E-state index in [4.69, 9.17) is 11.6 Å². The van der Waals surface area contributed by atoms with Crippen molar-refractivity contribution in [1.29, 1.82) is 0 Å². The third-order valence-corrected chi connectivity index (χ3v) is 4.51. The average Bonchev–Trinajstić information content (AvgIpc) is 3.03. The summed E-state index contributed by atoms with van der Waals surface area (Å²) >= 11 is 5.91. The molecule has 1 atom stereocenters. The number of aromatic nitrogens is 1. The molecule has 140 valence electrons. The maximum atomic E-state index is 13.0. The molecule has 0 aliphatic heterocycles. The molecule has 0 aliphatic rings. The zero-order valence-corrected chi connectivity index (χ0v) is 14.9. The lowest BCUT2D eigenvalue weighted by Gasteiger charge is -2.15. The number of carbonyl (C=O) groups is 2. The van der Waals surface area contributed by atoms with Crippen LogP contribution >= 0.6 is 11.6 Å². The van der Waals surface area contributed by atoms with Crippen molar-refractivity contribution in [2.45, 2.75) is 19.0 Å². The van der Waals surface area contributed by atoms with Crippen LogP contribution in [0.1, 0.15) is 11.1 Å². The van der Waals surface area contributed by atoms with Crippen LogP contribution in [0.25, 0.3) is 10.9 Å². The monoisotopic (exact) mass is 389 g/mol.